The number of carbonyl (C=O) groups is 1. The Morgan fingerprint density at radius 3 is 2.55 bits per heavy atom. The number of carboxylic acid groups (broad SMARTS) is 1. The molecule has 29 heavy (non-hydrogen) atoms. The van der Waals surface area contributed by atoms with Crippen LogP contribution in [0.3, 0.4) is 0 Å². The molecule has 0 saturated heterocycles. The molecule has 2 N–H and O–H groups in total. The summed E-state index contributed by atoms with van der Waals surface area (Å²) in [5.41, 5.74) is -0.690. The van der Waals surface area contributed by atoms with Crippen LogP contribution in [-0.4, -0.2) is 48.7 Å². The normalized spacial score (nSPS) is 19.5. The zero-order valence-electron chi connectivity index (χ0n) is 15.5. The lowest BCUT2D eigenvalue weighted by molar-refractivity contribution is 0.0691. The van der Waals surface area contributed by atoms with Crippen molar-refractivity contribution >= 4 is 16.0 Å². The highest BCUT2D eigenvalue weighted by molar-refractivity contribution is 7.89. The maximum absolute atomic E-state index is 13.5. The average Bonchev–Trinajstić information content (AvgIpc) is 2.69. The topological polar surface area (TPSA) is 128 Å². The molecule has 0 bridgehead atoms. The Balaban J connectivity index is 1.60. The summed E-state index contributed by atoms with van der Waals surface area (Å²) < 4.78 is 51.9. The molecular formula is C18H20FN3O6S. The highest BCUT2D eigenvalue weighted by Gasteiger charge is 2.28. The van der Waals surface area contributed by atoms with Crippen LogP contribution < -0.4 is 14.2 Å². The predicted molar refractivity (Wildman–Crippen MR) is 98.9 cm³/mol. The van der Waals surface area contributed by atoms with Gasteiger partial charge >= 0.3 is 5.97 Å². The molecule has 1 heterocycles. The Morgan fingerprint density at radius 2 is 1.90 bits per heavy atom. The van der Waals surface area contributed by atoms with Crippen LogP contribution in [0.25, 0.3) is 0 Å². The van der Waals surface area contributed by atoms with Gasteiger partial charge < -0.3 is 14.6 Å². The third kappa shape index (κ3) is 5.18. The minimum atomic E-state index is -3.98. The van der Waals surface area contributed by atoms with Crippen LogP contribution >= 0.6 is 0 Å². The fourth-order valence-electron chi connectivity index (χ4n) is 3.08. The number of halogens is 1. The molecule has 0 amide bonds. The van der Waals surface area contributed by atoms with E-state index in [1.807, 2.05) is 0 Å². The lowest BCUT2D eigenvalue weighted by Gasteiger charge is -2.29. The molecular weight excluding hydrogens is 405 g/mol. The van der Waals surface area contributed by atoms with E-state index in [0.717, 1.165) is 18.2 Å². The predicted octanol–water partition coefficient (Wildman–Crippen LogP) is 1.99. The fourth-order valence-corrected chi connectivity index (χ4v) is 4.41. The zero-order valence-corrected chi connectivity index (χ0v) is 16.4. The van der Waals surface area contributed by atoms with Crippen molar-refractivity contribution in [3.05, 3.63) is 42.0 Å². The van der Waals surface area contributed by atoms with Crippen LogP contribution in [0.15, 0.2) is 35.5 Å². The van der Waals surface area contributed by atoms with Crippen molar-refractivity contribution in [3.63, 3.8) is 0 Å². The number of aromatic nitrogens is 2. The van der Waals surface area contributed by atoms with Gasteiger partial charge in [0, 0.05) is 6.04 Å². The minimum Gasteiger partial charge on any atom is -0.480 e. The van der Waals surface area contributed by atoms with Crippen molar-refractivity contribution in [2.75, 3.05) is 7.11 Å². The monoisotopic (exact) mass is 425 g/mol. The number of hydrogen-bond donors (Lipinski definition) is 2. The number of sulfonamides is 1. The van der Waals surface area contributed by atoms with Gasteiger partial charge in [0.2, 0.25) is 21.8 Å². The van der Waals surface area contributed by atoms with Crippen LogP contribution in [0.5, 0.6) is 11.8 Å². The number of nitrogens with one attached hydrogen (secondary N) is 1. The van der Waals surface area contributed by atoms with E-state index in [9.17, 15) is 17.6 Å². The van der Waals surface area contributed by atoms with Crippen LogP contribution in [0.4, 0.5) is 4.39 Å². The molecule has 0 unspecified atom stereocenters. The van der Waals surface area contributed by atoms with E-state index >= 15 is 0 Å². The van der Waals surface area contributed by atoms with Gasteiger partial charge in [-0.2, -0.15) is 4.98 Å². The quantitative estimate of drug-likeness (QED) is 0.689. The lowest BCUT2D eigenvalue weighted by atomic mass is 9.94. The van der Waals surface area contributed by atoms with E-state index in [0.29, 0.717) is 37.4 Å². The van der Waals surface area contributed by atoms with Gasteiger partial charge in [0.05, 0.1) is 30.0 Å². The van der Waals surface area contributed by atoms with Gasteiger partial charge in [0.25, 0.3) is 0 Å². The molecule has 11 heteroatoms. The first kappa shape index (κ1) is 20.9. The van der Waals surface area contributed by atoms with Gasteiger partial charge in [-0.25, -0.2) is 22.3 Å². The summed E-state index contributed by atoms with van der Waals surface area (Å²) >= 11 is 0. The SMILES string of the molecule is COc1cncc(OC2CCC(NS(=O)(=O)c3ccc(F)c(C(=O)O)c3)CC2)n1. The molecule has 0 atom stereocenters. The Hall–Kier alpha value is -2.79. The second kappa shape index (κ2) is 8.70. The minimum absolute atomic E-state index is 0.137. The Morgan fingerprint density at radius 1 is 1.21 bits per heavy atom. The Labute approximate surface area is 167 Å². The van der Waals surface area contributed by atoms with E-state index in [2.05, 4.69) is 14.7 Å². The Kier molecular flexibility index (Phi) is 6.28. The van der Waals surface area contributed by atoms with Crippen molar-refractivity contribution in [3.8, 4) is 11.8 Å². The number of nitrogens with zero attached hydrogens (tertiary/aromatic N) is 2. The highest BCUT2D eigenvalue weighted by atomic mass is 32.2. The van der Waals surface area contributed by atoms with Gasteiger partial charge in [-0.05, 0) is 43.9 Å². The molecule has 0 radical (unpaired) electrons. The van der Waals surface area contributed by atoms with E-state index < -0.39 is 27.4 Å². The van der Waals surface area contributed by atoms with Gasteiger partial charge in [-0.1, -0.05) is 0 Å². The fraction of sp³-hybridized carbons (Fsp3) is 0.389. The third-order valence-corrected chi connectivity index (χ3v) is 6.08. The summed E-state index contributed by atoms with van der Waals surface area (Å²) in [5, 5.41) is 8.97. The number of rotatable bonds is 7. The zero-order chi connectivity index (χ0) is 21.0. The summed E-state index contributed by atoms with van der Waals surface area (Å²) in [5.74, 6) is -1.85. The molecule has 1 aromatic heterocycles. The van der Waals surface area contributed by atoms with Crippen molar-refractivity contribution < 1.29 is 32.2 Å². The highest BCUT2D eigenvalue weighted by Crippen LogP contribution is 2.25. The maximum atomic E-state index is 13.5. The number of methoxy groups -OCH3 is 1. The summed E-state index contributed by atoms with van der Waals surface area (Å²) in [7, 11) is -2.50. The van der Waals surface area contributed by atoms with Crippen molar-refractivity contribution in [2.45, 2.75) is 42.7 Å². The number of ether oxygens (including phenoxy) is 2. The first-order chi connectivity index (χ1) is 13.8. The van der Waals surface area contributed by atoms with Gasteiger partial charge in [-0.3, -0.25) is 4.98 Å². The summed E-state index contributed by atoms with van der Waals surface area (Å²) in [6.45, 7) is 0. The van der Waals surface area contributed by atoms with Crippen molar-refractivity contribution in [2.24, 2.45) is 0 Å². The largest absolute Gasteiger partial charge is 0.480 e. The first-order valence-electron chi connectivity index (χ1n) is 8.86. The lowest BCUT2D eigenvalue weighted by Crippen LogP contribution is -2.39. The third-order valence-electron chi connectivity index (χ3n) is 4.56. The van der Waals surface area contributed by atoms with Crippen molar-refractivity contribution in [1.82, 2.24) is 14.7 Å². The van der Waals surface area contributed by atoms with Crippen LogP contribution in [0.1, 0.15) is 36.0 Å². The molecule has 0 spiro atoms. The number of hydrogen-bond acceptors (Lipinski definition) is 7. The van der Waals surface area contributed by atoms with E-state index in [-0.39, 0.29) is 17.0 Å². The Bertz CT molecular complexity index is 993. The molecule has 1 aliphatic rings. The summed E-state index contributed by atoms with van der Waals surface area (Å²) in [4.78, 5) is 18.8. The average molecular weight is 425 g/mol. The standard InChI is InChI=1S/C18H20FN3O6S/c1-27-16-9-20-10-17(21-16)28-12-4-2-11(3-5-12)22-29(25,26)13-6-7-15(19)14(8-13)18(23)24/h6-12,22H,2-5H2,1H3,(H,23,24). The molecule has 9 nitrogen and oxygen atoms in total. The molecule has 1 fully saturated rings. The molecule has 1 aliphatic carbocycles. The first-order valence-corrected chi connectivity index (χ1v) is 10.3. The van der Waals surface area contributed by atoms with E-state index in [1.165, 1.54) is 19.5 Å². The molecule has 0 aliphatic heterocycles. The van der Waals surface area contributed by atoms with Crippen LogP contribution in [-0.2, 0) is 10.0 Å². The number of benzene rings is 1. The molecule has 2 aromatic rings. The van der Waals surface area contributed by atoms with Crippen LogP contribution in [0.2, 0.25) is 0 Å². The number of aromatic carboxylic acids is 1. The molecule has 156 valence electrons. The van der Waals surface area contributed by atoms with Crippen LogP contribution in [0, 0.1) is 5.82 Å². The van der Waals surface area contributed by atoms with Crippen molar-refractivity contribution in [1.29, 1.82) is 0 Å². The summed E-state index contributed by atoms with van der Waals surface area (Å²) in [6.07, 6.45) is 5.03. The van der Waals surface area contributed by atoms with E-state index in [4.69, 9.17) is 14.6 Å². The maximum Gasteiger partial charge on any atom is 0.338 e. The van der Waals surface area contributed by atoms with Gasteiger partial charge in [-0.15, -0.1) is 0 Å². The molecule has 1 saturated carbocycles. The second-order valence-electron chi connectivity index (χ2n) is 6.56. The smallest absolute Gasteiger partial charge is 0.338 e. The molecule has 3 rings (SSSR count). The summed E-state index contributed by atoms with van der Waals surface area (Å²) in [6, 6.07) is 2.35. The number of carboxylic acids is 1. The van der Waals surface area contributed by atoms with E-state index in [1.54, 1.807) is 0 Å². The molecule has 1 aromatic carbocycles. The second-order valence-corrected chi connectivity index (χ2v) is 8.27. The van der Waals surface area contributed by atoms with Gasteiger partial charge in [0.1, 0.15) is 11.9 Å². The van der Waals surface area contributed by atoms with Gasteiger partial charge in [0.15, 0.2) is 0 Å².